The molecule has 0 atom stereocenters. The van der Waals surface area contributed by atoms with Crippen LogP contribution in [0.3, 0.4) is 0 Å². The van der Waals surface area contributed by atoms with Gasteiger partial charge in [-0.15, -0.1) is 24.6 Å². The van der Waals surface area contributed by atoms with Gasteiger partial charge >= 0.3 is 0 Å². The molecule has 0 fully saturated rings. The lowest BCUT2D eigenvalue weighted by molar-refractivity contribution is 0.103. The van der Waals surface area contributed by atoms with Crippen LogP contribution >= 0.6 is 22.6 Å². The number of hydrogen-bond donors (Lipinski definition) is 0. The van der Waals surface area contributed by atoms with E-state index in [0.29, 0.717) is 0 Å². The lowest BCUT2D eigenvalue weighted by Gasteiger charge is -2.16. The van der Waals surface area contributed by atoms with Crippen molar-refractivity contribution in [2.24, 2.45) is 0 Å². The third-order valence-corrected chi connectivity index (χ3v) is 4.17. The third-order valence-electron chi connectivity index (χ3n) is 3.40. The molecule has 0 spiro atoms. The minimum Gasteiger partial charge on any atom is -0.290 e. The smallest absolute Gasteiger partial charge is 0.174 e. The van der Waals surface area contributed by atoms with E-state index >= 15 is 0 Å². The second kappa shape index (κ2) is 8.88. The Balaban J connectivity index is 1.98. The quantitative estimate of drug-likeness (QED) is 0.197. The standard InChI is InChI=1S/C19H20IO/c20-14-7-2-1-4-9-16-10-8-13-18(15-16)19(21)17-11-5-3-6-12-17/h3,5-6,8-13,15H,1-2,4,7,14H2/q-1/b16-9+. The van der Waals surface area contributed by atoms with Crippen LogP contribution in [0.15, 0.2) is 65.8 Å². The van der Waals surface area contributed by atoms with Crippen LogP contribution in [0.1, 0.15) is 36.0 Å². The molecule has 2 heteroatoms. The number of carbonyl (C=O) groups is 1. The van der Waals surface area contributed by atoms with E-state index in [2.05, 4.69) is 35.1 Å². The van der Waals surface area contributed by atoms with Gasteiger partial charge in [-0.1, -0.05) is 77.8 Å². The van der Waals surface area contributed by atoms with Crippen molar-refractivity contribution in [1.82, 2.24) is 0 Å². The molecule has 0 bridgehead atoms. The second-order valence-electron chi connectivity index (χ2n) is 5.06. The number of carbonyl (C=O) groups excluding carboxylic acids is 1. The molecule has 2 rings (SSSR count). The van der Waals surface area contributed by atoms with Crippen molar-refractivity contribution in [3.8, 4) is 0 Å². The number of ketones is 1. The maximum Gasteiger partial charge on any atom is 0.174 e. The Morgan fingerprint density at radius 2 is 1.95 bits per heavy atom. The summed E-state index contributed by atoms with van der Waals surface area (Å²) < 4.78 is 1.23. The van der Waals surface area contributed by atoms with Crippen molar-refractivity contribution in [2.75, 3.05) is 4.43 Å². The molecule has 1 nitrogen and oxygen atoms in total. The first kappa shape index (κ1) is 16.1. The molecular formula is C19H20IO-. The highest BCUT2D eigenvalue weighted by molar-refractivity contribution is 14.1. The maximum absolute atomic E-state index is 12.4. The van der Waals surface area contributed by atoms with Crippen LogP contribution in [0.2, 0.25) is 0 Å². The molecule has 110 valence electrons. The van der Waals surface area contributed by atoms with E-state index in [-0.39, 0.29) is 5.78 Å². The molecule has 1 aliphatic carbocycles. The van der Waals surface area contributed by atoms with Crippen LogP contribution in [0, 0.1) is 6.42 Å². The average Bonchev–Trinajstić information content (AvgIpc) is 2.55. The van der Waals surface area contributed by atoms with E-state index in [1.165, 1.54) is 23.7 Å². The van der Waals surface area contributed by atoms with Crippen molar-refractivity contribution in [1.29, 1.82) is 0 Å². The van der Waals surface area contributed by atoms with Gasteiger partial charge in [-0.05, 0) is 10.8 Å². The molecule has 1 aromatic rings. The first-order chi connectivity index (χ1) is 10.3. The van der Waals surface area contributed by atoms with Crippen molar-refractivity contribution in [2.45, 2.75) is 25.7 Å². The number of Topliss-reactive ketones (excluding diaryl/α,β-unsaturated/α-hetero) is 1. The topological polar surface area (TPSA) is 17.1 Å². The van der Waals surface area contributed by atoms with Crippen LogP contribution in [-0.4, -0.2) is 10.2 Å². The summed E-state index contributed by atoms with van der Waals surface area (Å²) in [6.07, 6.45) is 15.0. The van der Waals surface area contributed by atoms with E-state index in [1.807, 2.05) is 48.6 Å². The number of allylic oxidation sites excluding steroid dienone is 6. The lowest BCUT2D eigenvalue weighted by Crippen LogP contribution is -2.04. The Labute approximate surface area is 141 Å². The number of unbranched alkanes of at least 4 members (excludes halogenated alkanes) is 3. The summed E-state index contributed by atoms with van der Waals surface area (Å²) in [6, 6.07) is 9.45. The van der Waals surface area contributed by atoms with Gasteiger partial charge in [0.25, 0.3) is 0 Å². The molecule has 0 radical (unpaired) electrons. The SMILES string of the molecule is O=C(C1=C/C(=C/CCCCCI)[CH-]C=C1)c1ccccc1. The average molecular weight is 391 g/mol. The zero-order chi connectivity index (χ0) is 14.9. The van der Waals surface area contributed by atoms with Gasteiger partial charge < -0.3 is 0 Å². The summed E-state index contributed by atoms with van der Waals surface area (Å²) >= 11 is 2.42. The van der Waals surface area contributed by atoms with Crippen molar-refractivity contribution in [3.05, 3.63) is 77.8 Å². The van der Waals surface area contributed by atoms with E-state index in [1.54, 1.807) is 0 Å². The zero-order valence-electron chi connectivity index (χ0n) is 12.1. The predicted octanol–water partition coefficient (Wildman–Crippen LogP) is 5.49. The van der Waals surface area contributed by atoms with E-state index in [0.717, 1.165) is 23.1 Å². The molecule has 0 amide bonds. The summed E-state index contributed by atoms with van der Waals surface area (Å²) in [4.78, 5) is 12.4. The Hall–Kier alpha value is -1.29. The van der Waals surface area contributed by atoms with Gasteiger partial charge in [0.15, 0.2) is 5.78 Å². The largest absolute Gasteiger partial charge is 0.290 e. The summed E-state index contributed by atoms with van der Waals surface area (Å²) in [6.45, 7) is 0. The Bertz CT molecular complexity index is 552. The minimum atomic E-state index is 0.0933. The molecule has 1 aliphatic rings. The first-order valence-electron chi connectivity index (χ1n) is 7.40. The highest BCUT2D eigenvalue weighted by Crippen LogP contribution is 2.20. The molecule has 0 aliphatic heterocycles. The number of rotatable bonds is 7. The number of hydrogen-bond acceptors (Lipinski definition) is 1. The molecule has 0 saturated heterocycles. The maximum atomic E-state index is 12.4. The van der Waals surface area contributed by atoms with Gasteiger partial charge in [0.2, 0.25) is 0 Å². The third kappa shape index (κ3) is 5.20. The van der Waals surface area contributed by atoms with Gasteiger partial charge in [0.05, 0.1) is 0 Å². The fraction of sp³-hybridized carbons (Fsp3) is 0.263. The van der Waals surface area contributed by atoms with Gasteiger partial charge in [-0.2, -0.15) is 11.6 Å². The van der Waals surface area contributed by atoms with Crippen molar-refractivity contribution >= 4 is 28.4 Å². The highest BCUT2D eigenvalue weighted by Gasteiger charge is 2.07. The van der Waals surface area contributed by atoms with Crippen LogP contribution in [0.4, 0.5) is 0 Å². The summed E-state index contributed by atoms with van der Waals surface area (Å²) in [7, 11) is 0. The second-order valence-corrected chi connectivity index (χ2v) is 6.14. The zero-order valence-corrected chi connectivity index (χ0v) is 14.3. The van der Waals surface area contributed by atoms with Gasteiger partial charge in [-0.3, -0.25) is 4.79 Å². The molecule has 0 heterocycles. The van der Waals surface area contributed by atoms with Crippen LogP contribution < -0.4 is 0 Å². The molecular weight excluding hydrogens is 371 g/mol. The Morgan fingerprint density at radius 1 is 1.14 bits per heavy atom. The first-order valence-corrected chi connectivity index (χ1v) is 8.93. The van der Waals surface area contributed by atoms with E-state index in [4.69, 9.17) is 0 Å². The molecule has 21 heavy (non-hydrogen) atoms. The monoisotopic (exact) mass is 391 g/mol. The highest BCUT2D eigenvalue weighted by atomic mass is 127. The summed E-state index contributed by atoms with van der Waals surface area (Å²) in [5, 5.41) is 0. The predicted molar refractivity (Wildman–Crippen MR) is 97.7 cm³/mol. The Morgan fingerprint density at radius 3 is 2.71 bits per heavy atom. The molecule has 0 saturated carbocycles. The molecule has 0 unspecified atom stereocenters. The summed E-state index contributed by atoms with van der Waals surface area (Å²) in [5.41, 5.74) is 2.66. The molecule has 1 aromatic carbocycles. The van der Waals surface area contributed by atoms with Gasteiger partial charge in [0.1, 0.15) is 0 Å². The van der Waals surface area contributed by atoms with Crippen LogP contribution in [0.25, 0.3) is 0 Å². The van der Waals surface area contributed by atoms with Gasteiger partial charge in [-0.25, -0.2) is 0 Å². The van der Waals surface area contributed by atoms with Crippen molar-refractivity contribution < 1.29 is 4.79 Å². The normalized spacial score (nSPS) is 15.7. The fourth-order valence-corrected chi connectivity index (χ4v) is 2.79. The fourth-order valence-electron chi connectivity index (χ4n) is 2.25. The van der Waals surface area contributed by atoms with E-state index < -0.39 is 0 Å². The van der Waals surface area contributed by atoms with Gasteiger partial charge in [0, 0.05) is 5.56 Å². The number of halogens is 1. The van der Waals surface area contributed by atoms with Crippen LogP contribution in [0.5, 0.6) is 0 Å². The van der Waals surface area contributed by atoms with Crippen molar-refractivity contribution in [3.63, 3.8) is 0 Å². The lowest BCUT2D eigenvalue weighted by atomic mass is 9.95. The number of benzene rings is 1. The Kier molecular flexibility index (Phi) is 6.80. The summed E-state index contributed by atoms with van der Waals surface area (Å²) in [5.74, 6) is 0.0933. The molecule has 0 N–H and O–H groups in total. The van der Waals surface area contributed by atoms with Crippen LogP contribution in [-0.2, 0) is 0 Å². The molecule has 0 aromatic heterocycles. The minimum absolute atomic E-state index is 0.0933. The van der Waals surface area contributed by atoms with E-state index in [9.17, 15) is 4.79 Å². The number of alkyl halides is 1.